The van der Waals surface area contributed by atoms with Crippen LogP contribution in [0.4, 0.5) is 8.78 Å². The number of fused-ring (bicyclic) bond motifs is 2. The van der Waals surface area contributed by atoms with Crippen molar-refractivity contribution in [1.82, 2.24) is 35.5 Å². The van der Waals surface area contributed by atoms with Crippen LogP contribution in [0, 0.1) is 16.9 Å². The third-order valence-corrected chi connectivity index (χ3v) is 8.34. The highest BCUT2D eigenvalue weighted by atomic mass is 32.1. The van der Waals surface area contributed by atoms with E-state index in [1.807, 2.05) is 24.3 Å². The molecule has 7 rings (SSSR count). The van der Waals surface area contributed by atoms with Crippen molar-refractivity contribution in [1.29, 1.82) is 0 Å². The van der Waals surface area contributed by atoms with Crippen LogP contribution < -0.4 is 5.32 Å². The average Bonchev–Trinajstić information content (AvgIpc) is 3.75. The van der Waals surface area contributed by atoms with E-state index in [1.165, 1.54) is 31.7 Å². The number of aromatic nitrogens is 6. The molecular formula is C29H25F2N7S. The molecular weight excluding hydrogens is 516 g/mol. The summed E-state index contributed by atoms with van der Waals surface area (Å²) in [5, 5.41) is 10.8. The second kappa shape index (κ2) is 9.94. The first-order valence-electron chi connectivity index (χ1n) is 13.1. The van der Waals surface area contributed by atoms with Gasteiger partial charge in [-0.2, -0.15) is 9.49 Å². The Balaban J connectivity index is 1.23. The van der Waals surface area contributed by atoms with Crippen molar-refractivity contribution < 1.29 is 8.78 Å². The molecule has 0 amide bonds. The summed E-state index contributed by atoms with van der Waals surface area (Å²) in [6.45, 7) is 1.66. The average molecular weight is 542 g/mol. The Hall–Kier alpha value is -4.02. The van der Waals surface area contributed by atoms with Crippen LogP contribution in [0.15, 0.2) is 55.0 Å². The lowest BCUT2D eigenvalue weighted by Gasteiger charge is -2.11. The van der Waals surface area contributed by atoms with Crippen LogP contribution in [0.5, 0.6) is 0 Å². The van der Waals surface area contributed by atoms with Gasteiger partial charge in [0.1, 0.15) is 11.4 Å². The SMILES string of the molecule is Fc1ccc(-c2cccc3nc(-c4n[nH]c5cnc(-c6cncc(CNCC7CCCC7)c6)c(F)c45)[nH]c23)s1. The molecule has 0 bridgehead atoms. The molecule has 6 aromatic rings. The number of para-hydroxylation sites is 1. The minimum absolute atomic E-state index is 0.209. The monoisotopic (exact) mass is 541 g/mol. The minimum Gasteiger partial charge on any atom is -0.336 e. The van der Waals surface area contributed by atoms with Gasteiger partial charge >= 0.3 is 0 Å². The first kappa shape index (κ1) is 24.1. The van der Waals surface area contributed by atoms with Gasteiger partial charge in [0.05, 0.1) is 28.1 Å². The first-order chi connectivity index (χ1) is 19.1. The highest BCUT2D eigenvalue weighted by Crippen LogP contribution is 2.36. The fraction of sp³-hybridized carbons (Fsp3) is 0.241. The van der Waals surface area contributed by atoms with Crippen molar-refractivity contribution in [3.8, 4) is 33.2 Å². The zero-order chi connectivity index (χ0) is 26.3. The number of hydrogen-bond donors (Lipinski definition) is 3. The Kier molecular flexibility index (Phi) is 6.13. The van der Waals surface area contributed by atoms with Crippen molar-refractivity contribution in [2.45, 2.75) is 32.2 Å². The van der Waals surface area contributed by atoms with Gasteiger partial charge in [-0.3, -0.25) is 15.1 Å². The van der Waals surface area contributed by atoms with Crippen LogP contribution in [0.1, 0.15) is 31.2 Å². The van der Waals surface area contributed by atoms with E-state index in [2.05, 4.69) is 35.5 Å². The van der Waals surface area contributed by atoms with Gasteiger partial charge in [-0.25, -0.2) is 9.37 Å². The number of benzene rings is 1. The van der Waals surface area contributed by atoms with Crippen LogP contribution >= 0.6 is 11.3 Å². The summed E-state index contributed by atoms with van der Waals surface area (Å²) in [7, 11) is 0. The molecule has 1 aliphatic carbocycles. The van der Waals surface area contributed by atoms with Gasteiger partial charge < -0.3 is 10.3 Å². The fourth-order valence-electron chi connectivity index (χ4n) is 5.50. The number of pyridine rings is 2. The molecule has 39 heavy (non-hydrogen) atoms. The normalized spacial score (nSPS) is 14.2. The van der Waals surface area contributed by atoms with E-state index in [4.69, 9.17) is 0 Å². The van der Waals surface area contributed by atoms with Gasteiger partial charge in [0, 0.05) is 34.9 Å². The summed E-state index contributed by atoms with van der Waals surface area (Å²) in [5.41, 5.74) is 4.87. The molecule has 1 aromatic carbocycles. The number of rotatable bonds is 7. The van der Waals surface area contributed by atoms with Crippen molar-refractivity contribution >= 4 is 33.3 Å². The molecule has 10 heteroatoms. The maximum atomic E-state index is 16.1. The number of hydrogen-bond acceptors (Lipinski definition) is 6. The summed E-state index contributed by atoms with van der Waals surface area (Å²) >= 11 is 1.06. The molecule has 1 aliphatic rings. The standard InChI is InChI=1S/C29H25F2N7S/c30-23-9-8-22(39-23)19-6-3-7-20-27(19)36-29(35-20)28-24-21(37-38-28)15-34-26(25(24)31)18-10-17(13-33-14-18)12-32-11-16-4-1-2-5-16/h3,6-10,13-16,32H,1-2,4-5,11-12H2,(H,35,36)(H,37,38). The number of nitrogens with zero attached hydrogens (tertiary/aromatic N) is 4. The third-order valence-electron chi connectivity index (χ3n) is 7.43. The first-order valence-corrected chi connectivity index (χ1v) is 13.9. The van der Waals surface area contributed by atoms with Crippen LogP contribution in [-0.2, 0) is 6.54 Å². The summed E-state index contributed by atoms with van der Waals surface area (Å²) in [5.74, 6) is 0.665. The van der Waals surface area contributed by atoms with Gasteiger partial charge in [-0.05, 0) is 55.1 Å². The molecule has 0 aliphatic heterocycles. The van der Waals surface area contributed by atoms with Crippen molar-refractivity contribution in [3.05, 3.63) is 71.5 Å². The lowest BCUT2D eigenvalue weighted by Crippen LogP contribution is -2.20. The molecule has 5 aromatic heterocycles. The summed E-state index contributed by atoms with van der Waals surface area (Å²) in [6, 6.07) is 10.7. The molecule has 5 heterocycles. The second-order valence-corrected chi connectivity index (χ2v) is 11.1. The van der Waals surface area contributed by atoms with E-state index >= 15 is 4.39 Å². The highest BCUT2D eigenvalue weighted by Gasteiger charge is 2.22. The molecule has 0 spiro atoms. The number of nitrogens with one attached hydrogen (secondary N) is 3. The quantitative estimate of drug-likeness (QED) is 0.205. The third kappa shape index (κ3) is 4.49. The van der Waals surface area contributed by atoms with Gasteiger partial charge in [0.15, 0.2) is 16.8 Å². The minimum atomic E-state index is -0.491. The summed E-state index contributed by atoms with van der Waals surface area (Å²) in [4.78, 5) is 17.5. The zero-order valence-electron chi connectivity index (χ0n) is 21.0. The van der Waals surface area contributed by atoms with Crippen molar-refractivity contribution in [2.24, 2.45) is 5.92 Å². The molecule has 1 fully saturated rings. The molecule has 3 N–H and O–H groups in total. The molecule has 1 saturated carbocycles. The topological polar surface area (TPSA) is 95.2 Å². The molecule has 7 nitrogen and oxygen atoms in total. The largest absolute Gasteiger partial charge is 0.336 e. The maximum Gasteiger partial charge on any atom is 0.176 e. The highest BCUT2D eigenvalue weighted by molar-refractivity contribution is 7.14. The van der Waals surface area contributed by atoms with Gasteiger partial charge in [-0.1, -0.05) is 25.0 Å². The number of aromatic amines is 2. The van der Waals surface area contributed by atoms with E-state index < -0.39 is 5.82 Å². The van der Waals surface area contributed by atoms with Gasteiger partial charge in [0.2, 0.25) is 0 Å². The van der Waals surface area contributed by atoms with E-state index in [0.29, 0.717) is 40.0 Å². The summed E-state index contributed by atoms with van der Waals surface area (Å²) in [6.07, 6.45) is 10.2. The Morgan fingerprint density at radius 3 is 2.77 bits per heavy atom. The fourth-order valence-corrected chi connectivity index (χ4v) is 6.27. The Morgan fingerprint density at radius 1 is 1.03 bits per heavy atom. The van der Waals surface area contributed by atoms with E-state index in [-0.39, 0.29) is 10.8 Å². The molecule has 0 radical (unpaired) electrons. The van der Waals surface area contributed by atoms with Gasteiger partial charge in [-0.15, -0.1) is 11.3 Å². The van der Waals surface area contributed by atoms with Crippen molar-refractivity contribution in [2.75, 3.05) is 6.54 Å². The lowest BCUT2D eigenvalue weighted by atomic mass is 10.1. The van der Waals surface area contributed by atoms with Crippen LogP contribution in [0.3, 0.4) is 0 Å². The van der Waals surface area contributed by atoms with Crippen LogP contribution in [-0.4, -0.2) is 36.7 Å². The molecule has 0 saturated heterocycles. The number of imidazole rings is 1. The van der Waals surface area contributed by atoms with Crippen molar-refractivity contribution in [3.63, 3.8) is 0 Å². The summed E-state index contributed by atoms with van der Waals surface area (Å²) < 4.78 is 29.8. The molecule has 0 unspecified atom stereocenters. The number of thiophene rings is 1. The van der Waals surface area contributed by atoms with Crippen LogP contribution in [0.2, 0.25) is 0 Å². The zero-order valence-corrected chi connectivity index (χ0v) is 21.8. The number of halogens is 2. The van der Waals surface area contributed by atoms with Gasteiger partial charge in [0.25, 0.3) is 0 Å². The Morgan fingerprint density at radius 2 is 1.92 bits per heavy atom. The second-order valence-electron chi connectivity index (χ2n) is 10.0. The maximum absolute atomic E-state index is 16.1. The molecule has 0 atom stereocenters. The Bertz CT molecular complexity index is 1800. The van der Waals surface area contributed by atoms with E-state index in [9.17, 15) is 4.39 Å². The predicted octanol–water partition coefficient (Wildman–Crippen LogP) is 6.85. The molecule has 196 valence electrons. The Labute approximate surface area is 226 Å². The number of H-pyrrole nitrogens is 2. The van der Waals surface area contributed by atoms with E-state index in [0.717, 1.165) is 45.3 Å². The predicted molar refractivity (Wildman–Crippen MR) is 149 cm³/mol. The lowest BCUT2D eigenvalue weighted by molar-refractivity contribution is 0.489. The van der Waals surface area contributed by atoms with Crippen LogP contribution in [0.25, 0.3) is 55.2 Å². The van der Waals surface area contributed by atoms with E-state index in [1.54, 1.807) is 24.7 Å². The smallest absolute Gasteiger partial charge is 0.176 e.